The monoisotopic (exact) mass is 310 g/mol. The lowest BCUT2D eigenvalue weighted by Gasteiger charge is -2.24. The average molecular weight is 310 g/mol. The fourth-order valence-corrected chi connectivity index (χ4v) is 4.23. The first-order chi connectivity index (χ1) is 10.1. The summed E-state index contributed by atoms with van der Waals surface area (Å²) >= 11 is 1.54. The van der Waals surface area contributed by atoms with Gasteiger partial charge in [0.25, 0.3) is 5.91 Å². The Hall–Kier alpha value is -1.50. The van der Waals surface area contributed by atoms with Crippen molar-refractivity contribution in [3.63, 3.8) is 0 Å². The second kappa shape index (κ2) is 5.71. The molecular formula is C14H18N2O4S. The number of nitrogens with one attached hydrogen (secondary N) is 1. The van der Waals surface area contributed by atoms with E-state index in [9.17, 15) is 14.7 Å². The molecule has 2 N–H and O–H groups in total. The molecule has 1 aromatic heterocycles. The van der Waals surface area contributed by atoms with Gasteiger partial charge in [0.2, 0.25) is 0 Å². The maximum Gasteiger partial charge on any atom is 0.330 e. The maximum absolute atomic E-state index is 12.4. The maximum atomic E-state index is 12.4. The Balaban J connectivity index is 1.82. The first-order valence-corrected chi connectivity index (χ1v) is 8.39. The molecule has 0 aromatic carbocycles. The molecule has 1 aliphatic heterocycles. The first-order valence-electron chi connectivity index (χ1n) is 7.23. The number of thioether (sulfide) groups is 1. The third-order valence-corrected chi connectivity index (χ3v) is 5.39. The van der Waals surface area contributed by atoms with E-state index < -0.39 is 17.4 Å². The van der Waals surface area contributed by atoms with Crippen molar-refractivity contribution >= 4 is 23.6 Å². The van der Waals surface area contributed by atoms with Crippen LogP contribution in [0.15, 0.2) is 4.52 Å². The third-order valence-electron chi connectivity index (χ3n) is 4.20. The van der Waals surface area contributed by atoms with Crippen LogP contribution in [0, 0.1) is 0 Å². The molecule has 2 heterocycles. The van der Waals surface area contributed by atoms with E-state index in [1.807, 2.05) is 0 Å². The normalized spacial score (nSPS) is 25.1. The molecule has 1 amide bonds. The van der Waals surface area contributed by atoms with E-state index in [1.165, 1.54) is 0 Å². The minimum absolute atomic E-state index is 0.268. The highest BCUT2D eigenvalue weighted by Crippen LogP contribution is 2.29. The van der Waals surface area contributed by atoms with Gasteiger partial charge < -0.3 is 14.9 Å². The highest BCUT2D eigenvalue weighted by molar-refractivity contribution is 7.99. The van der Waals surface area contributed by atoms with Crippen molar-refractivity contribution in [3.05, 3.63) is 17.0 Å². The van der Waals surface area contributed by atoms with Gasteiger partial charge in [-0.05, 0) is 31.4 Å². The van der Waals surface area contributed by atoms with E-state index in [0.717, 1.165) is 49.2 Å². The molecule has 0 spiro atoms. The molecule has 1 atom stereocenters. The molecule has 1 aliphatic carbocycles. The van der Waals surface area contributed by atoms with Crippen molar-refractivity contribution in [2.24, 2.45) is 0 Å². The highest BCUT2D eigenvalue weighted by Gasteiger charge is 2.44. The number of fused-ring (bicyclic) bond motifs is 1. The van der Waals surface area contributed by atoms with Crippen LogP contribution in [0.4, 0.5) is 0 Å². The lowest BCUT2D eigenvalue weighted by molar-refractivity contribution is -0.143. The fraction of sp³-hybridized carbons (Fsp3) is 0.643. The summed E-state index contributed by atoms with van der Waals surface area (Å²) in [5, 5.41) is 16.0. The topological polar surface area (TPSA) is 92.4 Å². The number of aryl methyl sites for hydroxylation is 1. The minimum Gasteiger partial charge on any atom is -0.479 e. The van der Waals surface area contributed by atoms with Gasteiger partial charge in [-0.25, -0.2) is 4.79 Å². The van der Waals surface area contributed by atoms with Gasteiger partial charge in [-0.3, -0.25) is 4.79 Å². The highest BCUT2D eigenvalue weighted by atomic mass is 32.2. The Morgan fingerprint density at radius 2 is 2.10 bits per heavy atom. The predicted octanol–water partition coefficient (Wildman–Crippen LogP) is 1.63. The number of carboxylic acids is 1. The van der Waals surface area contributed by atoms with Crippen LogP contribution in [0.2, 0.25) is 0 Å². The molecule has 3 rings (SSSR count). The SMILES string of the molecule is O=C(NC1(C(=O)O)CCSC1)c1noc2c1CCCCC2. The lowest BCUT2D eigenvalue weighted by atomic mass is 9.98. The van der Waals surface area contributed by atoms with Gasteiger partial charge in [-0.15, -0.1) is 0 Å². The van der Waals surface area contributed by atoms with Crippen molar-refractivity contribution < 1.29 is 19.2 Å². The summed E-state index contributed by atoms with van der Waals surface area (Å²) in [5.41, 5.74) is -0.0428. The molecule has 2 aliphatic rings. The van der Waals surface area contributed by atoms with Crippen molar-refractivity contribution in [2.75, 3.05) is 11.5 Å². The molecule has 21 heavy (non-hydrogen) atoms. The van der Waals surface area contributed by atoms with Crippen molar-refractivity contribution in [3.8, 4) is 0 Å². The molecule has 114 valence electrons. The van der Waals surface area contributed by atoms with Crippen LogP contribution in [0.3, 0.4) is 0 Å². The molecule has 7 heteroatoms. The summed E-state index contributed by atoms with van der Waals surface area (Å²) in [6.45, 7) is 0. The average Bonchev–Trinajstić information content (AvgIpc) is 3.02. The summed E-state index contributed by atoms with van der Waals surface area (Å²) < 4.78 is 5.28. The molecule has 0 saturated carbocycles. The van der Waals surface area contributed by atoms with Crippen molar-refractivity contribution in [1.29, 1.82) is 0 Å². The summed E-state index contributed by atoms with van der Waals surface area (Å²) in [5.74, 6) is 0.516. The van der Waals surface area contributed by atoms with Crippen LogP contribution in [0.5, 0.6) is 0 Å². The van der Waals surface area contributed by atoms with E-state index in [-0.39, 0.29) is 5.69 Å². The van der Waals surface area contributed by atoms with E-state index in [0.29, 0.717) is 12.2 Å². The molecule has 1 unspecified atom stereocenters. The minimum atomic E-state index is -1.17. The molecule has 1 fully saturated rings. The fourth-order valence-electron chi connectivity index (χ4n) is 2.90. The second-order valence-electron chi connectivity index (χ2n) is 5.64. The summed E-state index contributed by atoms with van der Waals surface area (Å²) in [4.78, 5) is 23.9. The first kappa shape index (κ1) is 14.4. The molecule has 0 radical (unpaired) electrons. The van der Waals surface area contributed by atoms with Gasteiger partial charge in [0, 0.05) is 17.7 Å². The van der Waals surface area contributed by atoms with Crippen molar-refractivity contribution in [2.45, 2.75) is 44.1 Å². The van der Waals surface area contributed by atoms with Gasteiger partial charge in [0.1, 0.15) is 11.3 Å². The second-order valence-corrected chi connectivity index (χ2v) is 6.74. The molecule has 1 aromatic rings. The van der Waals surface area contributed by atoms with Crippen molar-refractivity contribution in [1.82, 2.24) is 10.5 Å². The van der Waals surface area contributed by atoms with E-state index in [4.69, 9.17) is 4.52 Å². The van der Waals surface area contributed by atoms with Crippen LogP contribution in [-0.4, -0.2) is 39.2 Å². The zero-order chi connectivity index (χ0) is 14.9. The predicted molar refractivity (Wildman–Crippen MR) is 77.5 cm³/mol. The van der Waals surface area contributed by atoms with Crippen LogP contribution >= 0.6 is 11.8 Å². The van der Waals surface area contributed by atoms with Crippen LogP contribution in [0.1, 0.15) is 47.5 Å². The zero-order valence-electron chi connectivity index (χ0n) is 11.7. The van der Waals surface area contributed by atoms with Gasteiger partial charge in [0.05, 0.1) is 0 Å². The van der Waals surface area contributed by atoms with E-state index in [2.05, 4.69) is 10.5 Å². The summed E-state index contributed by atoms with van der Waals surface area (Å²) in [7, 11) is 0. The summed E-state index contributed by atoms with van der Waals surface area (Å²) in [6.07, 6.45) is 5.18. The molecule has 0 bridgehead atoms. The third kappa shape index (κ3) is 2.66. The van der Waals surface area contributed by atoms with E-state index >= 15 is 0 Å². The standard InChI is InChI=1S/C14H18N2O4S/c17-12(15-14(13(18)19)6-7-21-8-14)11-9-4-2-1-3-5-10(9)20-16-11/h1-8H2,(H,15,17)(H,18,19). The Morgan fingerprint density at radius 1 is 1.29 bits per heavy atom. The van der Waals surface area contributed by atoms with Crippen LogP contribution in [-0.2, 0) is 17.6 Å². The molecule has 6 nitrogen and oxygen atoms in total. The van der Waals surface area contributed by atoms with Crippen LogP contribution in [0.25, 0.3) is 0 Å². The van der Waals surface area contributed by atoms with Gasteiger partial charge in [-0.2, -0.15) is 11.8 Å². The quantitative estimate of drug-likeness (QED) is 0.824. The zero-order valence-corrected chi connectivity index (χ0v) is 12.5. The number of rotatable bonds is 3. The number of carboxylic acid groups (broad SMARTS) is 1. The largest absolute Gasteiger partial charge is 0.479 e. The molecular weight excluding hydrogens is 292 g/mol. The van der Waals surface area contributed by atoms with Crippen LogP contribution < -0.4 is 5.32 Å². The van der Waals surface area contributed by atoms with Gasteiger partial charge in [-0.1, -0.05) is 11.6 Å². The van der Waals surface area contributed by atoms with Gasteiger partial charge in [0.15, 0.2) is 5.69 Å². The lowest BCUT2D eigenvalue weighted by Crippen LogP contribution is -2.55. The Kier molecular flexibility index (Phi) is 3.93. The smallest absolute Gasteiger partial charge is 0.330 e. The number of aliphatic carboxylic acids is 1. The number of carbonyl (C=O) groups is 2. The Labute approximate surface area is 126 Å². The number of hydrogen-bond acceptors (Lipinski definition) is 5. The summed E-state index contributed by atoms with van der Waals surface area (Å²) in [6, 6.07) is 0. The number of carbonyl (C=O) groups excluding carboxylic acids is 1. The number of amides is 1. The van der Waals surface area contributed by atoms with E-state index in [1.54, 1.807) is 11.8 Å². The molecule has 1 saturated heterocycles. The number of hydrogen-bond donors (Lipinski definition) is 2. The Bertz CT molecular complexity index is 563. The van der Waals surface area contributed by atoms with Gasteiger partial charge >= 0.3 is 5.97 Å². The Morgan fingerprint density at radius 3 is 2.81 bits per heavy atom. The number of nitrogens with zero attached hydrogens (tertiary/aromatic N) is 1. The number of aromatic nitrogens is 1.